The van der Waals surface area contributed by atoms with Crippen LogP contribution in [0.2, 0.25) is 5.02 Å². The number of nitrogens with one attached hydrogen (secondary N) is 3. The third kappa shape index (κ3) is 5.60. The molecule has 0 aliphatic heterocycles. The molecular formula is C19H20ClN3O3. The van der Waals surface area contributed by atoms with Crippen molar-refractivity contribution in [3.05, 3.63) is 70.7 Å². The lowest BCUT2D eigenvalue weighted by Gasteiger charge is -2.15. The van der Waals surface area contributed by atoms with Crippen LogP contribution in [0, 0.1) is 0 Å². The maximum absolute atomic E-state index is 12.1. The van der Waals surface area contributed by atoms with Crippen LogP contribution in [-0.4, -0.2) is 36.9 Å². The summed E-state index contributed by atoms with van der Waals surface area (Å²) in [7, 11) is 0. The van der Waals surface area contributed by atoms with Gasteiger partial charge in [0, 0.05) is 18.7 Å². The second kappa shape index (κ2) is 9.58. The number of halogens is 1. The smallest absolute Gasteiger partial charge is 0.253 e. The fraction of sp³-hybridized carbons (Fsp3) is 0.211. The van der Waals surface area contributed by atoms with Crippen molar-refractivity contribution in [1.82, 2.24) is 16.0 Å². The first-order valence-corrected chi connectivity index (χ1v) is 8.53. The van der Waals surface area contributed by atoms with E-state index in [0.717, 1.165) is 0 Å². The number of hydrogen-bond donors (Lipinski definition) is 3. The molecule has 0 bridgehead atoms. The first-order valence-electron chi connectivity index (χ1n) is 8.15. The summed E-state index contributed by atoms with van der Waals surface area (Å²) >= 11 is 5.96. The van der Waals surface area contributed by atoms with Gasteiger partial charge in [0.2, 0.25) is 5.91 Å². The van der Waals surface area contributed by atoms with E-state index in [1.807, 2.05) is 6.07 Å². The highest BCUT2D eigenvalue weighted by Gasteiger charge is 2.17. The largest absolute Gasteiger partial charge is 0.353 e. The molecule has 1 atom stereocenters. The van der Waals surface area contributed by atoms with E-state index < -0.39 is 11.9 Å². The van der Waals surface area contributed by atoms with E-state index in [4.69, 9.17) is 11.6 Å². The molecule has 26 heavy (non-hydrogen) atoms. The molecule has 0 aliphatic rings. The summed E-state index contributed by atoms with van der Waals surface area (Å²) in [6, 6.07) is 14.7. The molecule has 3 amide bonds. The Kier molecular flexibility index (Phi) is 7.17. The van der Waals surface area contributed by atoms with E-state index in [2.05, 4.69) is 16.0 Å². The van der Waals surface area contributed by atoms with Crippen LogP contribution in [0.1, 0.15) is 27.6 Å². The molecule has 0 spiro atoms. The molecule has 2 rings (SSSR count). The van der Waals surface area contributed by atoms with E-state index >= 15 is 0 Å². The maximum Gasteiger partial charge on any atom is 0.253 e. The van der Waals surface area contributed by atoms with Gasteiger partial charge < -0.3 is 16.0 Å². The molecule has 0 aromatic heterocycles. The minimum Gasteiger partial charge on any atom is -0.353 e. The fourth-order valence-corrected chi connectivity index (χ4v) is 2.41. The molecule has 3 N–H and O–H groups in total. The summed E-state index contributed by atoms with van der Waals surface area (Å²) in [5.41, 5.74) is 0.864. The summed E-state index contributed by atoms with van der Waals surface area (Å²) in [6.45, 7) is 2.11. The Morgan fingerprint density at radius 3 is 2.19 bits per heavy atom. The molecule has 0 fully saturated rings. The fourth-order valence-electron chi connectivity index (χ4n) is 2.19. The Hall–Kier alpha value is -2.86. The zero-order chi connectivity index (χ0) is 18.9. The number of amides is 3. The van der Waals surface area contributed by atoms with Crippen LogP contribution < -0.4 is 16.0 Å². The summed E-state index contributed by atoms with van der Waals surface area (Å²) in [4.78, 5) is 36.0. The molecule has 0 aliphatic carbocycles. The predicted molar refractivity (Wildman–Crippen MR) is 100 cm³/mol. The van der Waals surface area contributed by atoms with Gasteiger partial charge in [-0.05, 0) is 31.2 Å². The Balaban J connectivity index is 1.73. The summed E-state index contributed by atoms with van der Waals surface area (Å²) in [6.07, 6.45) is 0. The van der Waals surface area contributed by atoms with Crippen molar-refractivity contribution >= 4 is 29.3 Å². The molecule has 7 heteroatoms. The third-order valence-electron chi connectivity index (χ3n) is 3.61. The second-order valence-corrected chi connectivity index (χ2v) is 6.00. The molecule has 0 saturated heterocycles. The minimum absolute atomic E-state index is 0.208. The lowest BCUT2D eigenvalue weighted by molar-refractivity contribution is -0.122. The van der Waals surface area contributed by atoms with Crippen LogP contribution in [-0.2, 0) is 4.79 Å². The Labute approximate surface area is 156 Å². The molecule has 0 heterocycles. The van der Waals surface area contributed by atoms with E-state index in [9.17, 15) is 14.4 Å². The van der Waals surface area contributed by atoms with Gasteiger partial charge >= 0.3 is 0 Å². The number of hydrogen-bond acceptors (Lipinski definition) is 3. The van der Waals surface area contributed by atoms with Crippen molar-refractivity contribution in [2.24, 2.45) is 0 Å². The second-order valence-electron chi connectivity index (χ2n) is 5.59. The van der Waals surface area contributed by atoms with Crippen LogP contribution >= 0.6 is 11.6 Å². The lowest BCUT2D eigenvalue weighted by atomic mass is 10.2. The SMILES string of the molecule is CC(NC(=O)c1ccccc1Cl)C(=O)NCCNC(=O)c1ccccc1. The number of rotatable bonds is 7. The topological polar surface area (TPSA) is 87.3 Å². The average molecular weight is 374 g/mol. The van der Waals surface area contributed by atoms with Crippen LogP contribution in [0.5, 0.6) is 0 Å². The number of benzene rings is 2. The lowest BCUT2D eigenvalue weighted by Crippen LogP contribution is -2.46. The van der Waals surface area contributed by atoms with Crippen LogP contribution in [0.4, 0.5) is 0 Å². The predicted octanol–water partition coefficient (Wildman–Crippen LogP) is 2.00. The Bertz CT molecular complexity index is 781. The van der Waals surface area contributed by atoms with Crippen LogP contribution in [0.15, 0.2) is 54.6 Å². The van der Waals surface area contributed by atoms with Gasteiger partial charge in [-0.25, -0.2) is 0 Å². The molecule has 2 aromatic rings. The normalized spacial score (nSPS) is 11.3. The van der Waals surface area contributed by atoms with Crippen molar-refractivity contribution in [3.8, 4) is 0 Å². The number of carbonyl (C=O) groups is 3. The quantitative estimate of drug-likeness (QED) is 0.649. The summed E-state index contributed by atoms with van der Waals surface area (Å²) < 4.78 is 0. The molecule has 0 saturated carbocycles. The van der Waals surface area contributed by atoms with Crippen molar-refractivity contribution in [3.63, 3.8) is 0 Å². The van der Waals surface area contributed by atoms with Gasteiger partial charge in [0.05, 0.1) is 10.6 Å². The van der Waals surface area contributed by atoms with Gasteiger partial charge in [-0.2, -0.15) is 0 Å². The van der Waals surface area contributed by atoms with Crippen LogP contribution in [0.25, 0.3) is 0 Å². The summed E-state index contributed by atoms with van der Waals surface area (Å²) in [5, 5.41) is 8.28. The number of carbonyl (C=O) groups excluding carboxylic acids is 3. The standard InChI is InChI=1S/C19H20ClN3O3/c1-13(23-19(26)15-9-5-6-10-16(15)20)17(24)21-11-12-22-18(25)14-7-3-2-4-8-14/h2-10,13H,11-12H2,1H3,(H,21,24)(H,22,25)(H,23,26). The molecule has 136 valence electrons. The first-order chi connectivity index (χ1) is 12.5. The van der Waals surface area contributed by atoms with E-state index in [1.54, 1.807) is 55.5 Å². The summed E-state index contributed by atoms with van der Waals surface area (Å²) in [5.74, 6) is -0.977. The molecule has 2 aromatic carbocycles. The molecule has 0 radical (unpaired) electrons. The molecule has 6 nitrogen and oxygen atoms in total. The van der Waals surface area contributed by atoms with E-state index in [-0.39, 0.29) is 24.9 Å². The zero-order valence-corrected chi connectivity index (χ0v) is 15.0. The van der Waals surface area contributed by atoms with Gasteiger partial charge in [-0.3, -0.25) is 14.4 Å². The maximum atomic E-state index is 12.1. The Morgan fingerprint density at radius 2 is 1.50 bits per heavy atom. The van der Waals surface area contributed by atoms with Crippen LogP contribution in [0.3, 0.4) is 0 Å². The average Bonchev–Trinajstić information content (AvgIpc) is 2.65. The van der Waals surface area contributed by atoms with Crippen molar-refractivity contribution in [1.29, 1.82) is 0 Å². The van der Waals surface area contributed by atoms with E-state index in [1.165, 1.54) is 0 Å². The molecule has 1 unspecified atom stereocenters. The van der Waals surface area contributed by atoms with Gasteiger partial charge in [0.15, 0.2) is 0 Å². The highest BCUT2D eigenvalue weighted by molar-refractivity contribution is 6.33. The third-order valence-corrected chi connectivity index (χ3v) is 3.93. The zero-order valence-electron chi connectivity index (χ0n) is 14.3. The highest BCUT2D eigenvalue weighted by Crippen LogP contribution is 2.14. The van der Waals surface area contributed by atoms with Gasteiger partial charge in [0.25, 0.3) is 11.8 Å². The van der Waals surface area contributed by atoms with Gasteiger partial charge in [0.1, 0.15) is 6.04 Å². The first kappa shape index (κ1) is 19.5. The minimum atomic E-state index is -0.733. The molecular weight excluding hydrogens is 354 g/mol. The van der Waals surface area contributed by atoms with Gasteiger partial charge in [-0.1, -0.05) is 41.9 Å². The Morgan fingerprint density at radius 1 is 0.885 bits per heavy atom. The van der Waals surface area contributed by atoms with E-state index in [0.29, 0.717) is 16.1 Å². The van der Waals surface area contributed by atoms with Gasteiger partial charge in [-0.15, -0.1) is 0 Å². The highest BCUT2D eigenvalue weighted by atomic mass is 35.5. The van der Waals surface area contributed by atoms with Crippen molar-refractivity contribution in [2.75, 3.05) is 13.1 Å². The van der Waals surface area contributed by atoms with Crippen molar-refractivity contribution in [2.45, 2.75) is 13.0 Å². The van der Waals surface area contributed by atoms with Crippen molar-refractivity contribution < 1.29 is 14.4 Å². The monoisotopic (exact) mass is 373 g/mol.